The lowest BCUT2D eigenvalue weighted by atomic mass is 10.2. The topological polar surface area (TPSA) is 75.7 Å². The van der Waals surface area contributed by atoms with Crippen molar-refractivity contribution in [3.63, 3.8) is 0 Å². The zero-order valence-corrected chi connectivity index (χ0v) is 14.8. The van der Waals surface area contributed by atoms with Crippen molar-refractivity contribution in [3.05, 3.63) is 59.4 Å². The number of esters is 1. The maximum Gasteiger partial charge on any atom is 0.338 e. The smallest absolute Gasteiger partial charge is 0.338 e. The molecule has 0 bridgehead atoms. The van der Waals surface area contributed by atoms with Crippen molar-refractivity contribution in [1.82, 2.24) is 0 Å². The minimum Gasteiger partial charge on any atom is -0.452 e. The van der Waals surface area contributed by atoms with Crippen LogP contribution in [0.4, 0.5) is 15.8 Å². The SMILES string of the molecule is Cc1ccc(NC(=O)COC(=O)c2ccc(N3CCCC3=O)cc2)c(F)c1. The second-order valence-corrected chi connectivity index (χ2v) is 6.30. The second-order valence-electron chi connectivity index (χ2n) is 6.30. The Morgan fingerprint density at radius 1 is 1.19 bits per heavy atom. The van der Waals surface area contributed by atoms with Crippen LogP contribution in [-0.2, 0) is 14.3 Å². The predicted octanol–water partition coefficient (Wildman–Crippen LogP) is 3.06. The number of benzene rings is 2. The molecule has 0 saturated carbocycles. The largest absolute Gasteiger partial charge is 0.452 e. The van der Waals surface area contributed by atoms with E-state index >= 15 is 0 Å². The van der Waals surface area contributed by atoms with Gasteiger partial charge in [0, 0.05) is 18.7 Å². The van der Waals surface area contributed by atoms with Gasteiger partial charge in [0.25, 0.3) is 5.91 Å². The van der Waals surface area contributed by atoms with Gasteiger partial charge in [-0.2, -0.15) is 0 Å². The molecule has 1 heterocycles. The molecule has 0 aliphatic carbocycles. The van der Waals surface area contributed by atoms with Crippen LogP contribution in [0, 0.1) is 12.7 Å². The normalized spacial score (nSPS) is 13.6. The number of amides is 2. The molecule has 0 atom stereocenters. The lowest BCUT2D eigenvalue weighted by Crippen LogP contribution is -2.24. The van der Waals surface area contributed by atoms with Crippen molar-refractivity contribution in [2.75, 3.05) is 23.4 Å². The van der Waals surface area contributed by atoms with Gasteiger partial charge in [-0.3, -0.25) is 9.59 Å². The maximum absolute atomic E-state index is 13.7. The molecule has 1 aliphatic heterocycles. The van der Waals surface area contributed by atoms with E-state index in [-0.39, 0.29) is 17.2 Å². The number of hydrogen-bond acceptors (Lipinski definition) is 4. The van der Waals surface area contributed by atoms with Gasteiger partial charge in [0.1, 0.15) is 5.82 Å². The molecule has 2 aromatic rings. The number of carbonyl (C=O) groups excluding carboxylic acids is 3. The summed E-state index contributed by atoms with van der Waals surface area (Å²) in [6, 6.07) is 10.8. The number of halogens is 1. The van der Waals surface area contributed by atoms with Gasteiger partial charge >= 0.3 is 5.97 Å². The first-order valence-electron chi connectivity index (χ1n) is 8.57. The zero-order chi connectivity index (χ0) is 19.4. The molecular formula is C20H19FN2O4. The van der Waals surface area contributed by atoms with Crippen LogP contribution < -0.4 is 10.2 Å². The van der Waals surface area contributed by atoms with Crippen LogP contribution in [0.25, 0.3) is 0 Å². The van der Waals surface area contributed by atoms with Crippen molar-refractivity contribution < 1.29 is 23.5 Å². The van der Waals surface area contributed by atoms with Crippen LogP contribution in [0.15, 0.2) is 42.5 Å². The molecule has 0 aromatic heterocycles. The van der Waals surface area contributed by atoms with Crippen LogP contribution in [0.3, 0.4) is 0 Å². The predicted molar refractivity (Wildman–Crippen MR) is 98.1 cm³/mol. The van der Waals surface area contributed by atoms with Crippen molar-refractivity contribution in [1.29, 1.82) is 0 Å². The summed E-state index contributed by atoms with van der Waals surface area (Å²) in [6.07, 6.45) is 1.35. The quantitative estimate of drug-likeness (QED) is 0.821. The average molecular weight is 370 g/mol. The van der Waals surface area contributed by atoms with Gasteiger partial charge in [0.2, 0.25) is 5.91 Å². The van der Waals surface area contributed by atoms with Gasteiger partial charge in [0.05, 0.1) is 11.3 Å². The molecule has 3 rings (SSSR count). The number of nitrogens with one attached hydrogen (secondary N) is 1. The minimum atomic E-state index is -0.672. The Kier molecular flexibility index (Phi) is 5.49. The van der Waals surface area contributed by atoms with E-state index in [2.05, 4.69) is 5.32 Å². The lowest BCUT2D eigenvalue weighted by Gasteiger charge is -2.15. The monoisotopic (exact) mass is 370 g/mol. The van der Waals surface area contributed by atoms with E-state index in [1.165, 1.54) is 12.1 Å². The van der Waals surface area contributed by atoms with E-state index in [4.69, 9.17) is 4.74 Å². The Balaban J connectivity index is 1.54. The van der Waals surface area contributed by atoms with Crippen molar-refractivity contribution in [2.45, 2.75) is 19.8 Å². The number of carbonyl (C=O) groups is 3. The molecule has 2 amide bonds. The molecule has 140 valence electrons. The molecule has 27 heavy (non-hydrogen) atoms. The van der Waals surface area contributed by atoms with E-state index < -0.39 is 24.3 Å². The summed E-state index contributed by atoms with van der Waals surface area (Å²) in [5, 5.41) is 2.36. The molecule has 2 aromatic carbocycles. The first-order valence-corrected chi connectivity index (χ1v) is 8.57. The van der Waals surface area contributed by atoms with Crippen molar-refractivity contribution >= 4 is 29.2 Å². The Morgan fingerprint density at radius 2 is 1.93 bits per heavy atom. The van der Waals surface area contributed by atoms with Crippen LogP contribution in [0.5, 0.6) is 0 Å². The average Bonchev–Trinajstić information content (AvgIpc) is 3.08. The molecule has 1 fully saturated rings. The number of ether oxygens (including phenoxy) is 1. The van der Waals surface area contributed by atoms with Gasteiger partial charge in [0.15, 0.2) is 6.61 Å². The highest BCUT2D eigenvalue weighted by atomic mass is 19.1. The standard InChI is InChI=1S/C20H19FN2O4/c1-13-4-9-17(16(21)11-13)22-18(24)12-27-20(26)14-5-7-15(8-6-14)23-10-2-3-19(23)25/h4-9,11H,2-3,10,12H2,1H3,(H,22,24). The Bertz CT molecular complexity index is 880. The number of aryl methyl sites for hydroxylation is 1. The highest BCUT2D eigenvalue weighted by Gasteiger charge is 2.22. The van der Waals surface area contributed by atoms with Crippen LogP contribution in [-0.4, -0.2) is 30.9 Å². The molecule has 6 nitrogen and oxygen atoms in total. The summed E-state index contributed by atoms with van der Waals surface area (Å²) in [7, 11) is 0. The summed E-state index contributed by atoms with van der Waals surface area (Å²) >= 11 is 0. The molecule has 1 N–H and O–H groups in total. The summed E-state index contributed by atoms with van der Waals surface area (Å²) in [5.74, 6) is -1.80. The van der Waals surface area contributed by atoms with E-state index in [1.807, 2.05) is 0 Å². The first-order chi connectivity index (χ1) is 12.9. The molecule has 1 saturated heterocycles. The van der Waals surface area contributed by atoms with Crippen LogP contribution in [0.1, 0.15) is 28.8 Å². The second kappa shape index (κ2) is 7.99. The third-order valence-corrected chi connectivity index (χ3v) is 4.22. The first kappa shape index (κ1) is 18.6. The fourth-order valence-corrected chi connectivity index (χ4v) is 2.82. The summed E-state index contributed by atoms with van der Waals surface area (Å²) in [5.41, 5.74) is 1.75. The number of anilines is 2. The fraction of sp³-hybridized carbons (Fsp3) is 0.250. The van der Waals surface area contributed by atoms with Crippen LogP contribution in [0.2, 0.25) is 0 Å². The number of hydrogen-bond donors (Lipinski definition) is 1. The zero-order valence-electron chi connectivity index (χ0n) is 14.8. The highest BCUT2D eigenvalue weighted by molar-refractivity contribution is 5.97. The molecule has 7 heteroatoms. The van der Waals surface area contributed by atoms with Crippen LogP contribution >= 0.6 is 0 Å². The molecule has 1 aliphatic rings. The number of rotatable bonds is 5. The van der Waals surface area contributed by atoms with E-state index in [0.29, 0.717) is 13.0 Å². The Hall–Kier alpha value is -3.22. The summed E-state index contributed by atoms with van der Waals surface area (Å²) < 4.78 is 18.7. The fourth-order valence-electron chi connectivity index (χ4n) is 2.82. The number of nitrogens with zero attached hydrogens (tertiary/aromatic N) is 1. The summed E-state index contributed by atoms with van der Waals surface area (Å²) in [6.45, 7) is 1.87. The van der Waals surface area contributed by atoms with Crippen molar-refractivity contribution in [2.24, 2.45) is 0 Å². The van der Waals surface area contributed by atoms with Gasteiger partial charge in [-0.15, -0.1) is 0 Å². The molecule has 0 unspecified atom stereocenters. The third-order valence-electron chi connectivity index (χ3n) is 4.22. The van der Waals surface area contributed by atoms with Gasteiger partial charge in [-0.05, 0) is 55.3 Å². The van der Waals surface area contributed by atoms with E-state index in [0.717, 1.165) is 17.7 Å². The maximum atomic E-state index is 13.7. The third kappa shape index (κ3) is 4.49. The highest BCUT2D eigenvalue weighted by Crippen LogP contribution is 2.22. The van der Waals surface area contributed by atoms with E-state index in [9.17, 15) is 18.8 Å². The molecule has 0 radical (unpaired) electrons. The van der Waals surface area contributed by atoms with E-state index in [1.54, 1.807) is 42.2 Å². The van der Waals surface area contributed by atoms with Gasteiger partial charge < -0.3 is 15.0 Å². The van der Waals surface area contributed by atoms with Gasteiger partial charge in [-0.25, -0.2) is 9.18 Å². The Labute approximate surface area is 155 Å². The van der Waals surface area contributed by atoms with Crippen molar-refractivity contribution in [3.8, 4) is 0 Å². The molecule has 0 spiro atoms. The molecular weight excluding hydrogens is 351 g/mol. The summed E-state index contributed by atoms with van der Waals surface area (Å²) in [4.78, 5) is 37.3. The van der Waals surface area contributed by atoms with Gasteiger partial charge in [-0.1, -0.05) is 6.07 Å². The minimum absolute atomic E-state index is 0.0290. The Morgan fingerprint density at radius 3 is 2.56 bits per heavy atom. The lowest BCUT2D eigenvalue weighted by molar-refractivity contribution is -0.119.